The zero-order chi connectivity index (χ0) is 10.3. The summed E-state index contributed by atoms with van der Waals surface area (Å²) < 4.78 is 37.1. The van der Waals surface area contributed by atoms with Crippen LogP contribution in [0.15, 0.2) is 0 Å². The van der Waals surface area contributed by atoms with E-state index in [1.165, 1.54) is 0 Å². The minimum atomic E-state index is -4.34. The van der Waals surface area contributed by atoms with Crippen molar-refractivity contribution in [3.8, 4) is 0 Å². The van der Waals surface area contributed by atoms with Crippen LogP contribution in [0.1, 0.15) is 19.8 Å². The van der Waals surface area contributed by atoms with E-state index in [4.69, 9.17) is 5.73 Å². The maximum absolute atomic E-state index is 12.4. The van der Waals surface area contributed by atoms with Crippen LogP contribution in [0.25, 0.3) is 0 Å². The molecule has 1 aliphatic rings. The number of hydrogen-bond acceptors (Lipinski definition) is 2. The Morgan fingerprint density at radius 1 is 1.62 bits per heavy atom. The van der Waals surface area contributed by atoms with Crippen LogP contribution in [0.4, 0.5) is 13.2 Å². The second-order valence-corrected chi connectivity index (χ2v) is 3.47. The molecule has 0 aromatic rings. The van der Waals surface area contributed by atoms with Crippen molar-refractivity contribution >= 4 is 5.91 Å². The lowest BCUT2D eigenvalue weighted by Gasteiger charge is -2.28. The molecule has 1 saturated heterocycles. The maximum Gasteiger partial charge on any atom is 0.406 e. The van der Waals surface area contributed by atoms with Crippen molar-refractivity contribution < 1.29 is 18.0 Å². The molecule has 76 valence electrons. The van der Waals surface area contributed by atoms with Crippen molar-refractivity contribution in [2.75, 3.05) is 0 Å². The molecule has 6 heteroatoms. The van der Waals surface area contributed by atoms with Crippen LogP contribution in [0.5, 0.6) is 0 Å². The maximum atomic E-state index is 12.4. The van der Waals surface area contributed by atoms with Gasteiger partial charge in [-0.25, -0.2) is 0 Å². The number of rotatable bonds is 1. The number of primary amides is 1. The Hall–Kier alpha value is -0.780. The van der Waals surface area contributed by atoms with Gasteiger partial charge in [-0.1, -0.05) is 0 Å². The van der Waals surface area contributed by atoms with Crippen LogP contribution < -0.4 is 11.1 Å². The van der Waals surface area contributed by atoms with Gasteiger partial charge < -0.3 is 5.73 Å². The van der Waals surface area contributed by atoms with Crippen molar-refractivity contribution in [1.29, 1.82) is 0 Å². The van der Waals surface area contributed by atoms with Crippen LogP contribution in [-0.2, 0) is 4.79 Å². The molecule has 0 radical (unpaired) electrons. The fourth-order valence-electron chi connectivity index (χ4n) is 1.40. The van der Waals surface area contributed by atoms with Crippen LogP contribution in [0.2, 0.25) is 0 Å². The van der Waals surface area contributed by atoms with E-state index in [1.807, 2.05) is 0 Å². The summed E-state index contributed by atoms with van der Waals surface area (Å²) in [7, 11) is 0. The van der Waals surface area contributed by atoms with Crippen LogP contribution in [0, 0.1) is 0 Å². The van der Waals surface area contributed by atoms with E-state index in [-0.39, 0.29) is 12.8 Å². The number of nitrogens with one attached hydrogen (secondary N) is 1. The summed E-state index contributed by atoms with van der Waals surface area (Å²) in [5, 5.41) is 2.21. The minimum absolute atomic E-state index is 0.107. The first-order valence-electron chi connectivity index (χ1n) is 3.90. The molecule has 1 heterocycles. The molecule has 1 aliphatic heterocycles. The molecule has 0 aromatic carbocycles. The fraction of sp³-hybridized carbons (Fsp3) is 0.857. The third-order valence-electron chi connectivity index (χ3n) is 2.39. The number of carbonyl (C=O) groups is 1. The molecule has 0 aliphatic carbocycles. The molecule has 3 N–H and O–H groups in total. The summed E-state index contributed by atoms with van der Waals surface area (Å²) in [4.78, 5) is 10.6. The molecular formula is C7H11F3N2O. The first-order valence-corrected chi connectivity index (χ1v) is 3.90. The number of amides is 1. The first kappa shape index (κ1) is 10.3. The van der Waals surface area contributed by atoms with Crippen molar-refractivity contribution in [2.45, 2.75) is 37.5 Å². The third kappa shape index (κ3) is 1.77. The lowest BCUT2D eigenvalue weighted by Crippen LogP contribution is -2.54. The van der Waals surface area contributed by atoms with Gasteiger partial charge >= 0.3 is 6.18 Å². The van der Waals surface area contributed by atoms with E-state index in [2.05, 4.69) is 5.32 Å². The Labute approximate surface area is 73.5 Å². The van der Waals surface area contributed by atoms with Crippen molar-refractivity contribution in [3.05, 3.63) is 0 Å². The predicted molar refractivity (Wildman–Crippen MR) is 39.8 cm³/mol. The summed E-state index contributed by atoms with van der Waals surface area (Å²) >= 11 is 0. The zero-order valence-electron chi connectivity index (χ0n) is 7.11. The lowest BCUT2D eigenvalue weighted by atomic mass is 10.00. The van der Waals surface area contributed by atoms with E-state index in [9.17, 15) is 18.0 Å². The largest absolute Gasteiger partial charge is 0.406 e. The van der Waals surface area contributed by atoms with Crippen LogP contribution in [0.3, 0.4) is 0 Å². The molecule has 3 nitrogen and oxygen atoms in total. The number of hydrogen-bond donors (Lipinski definition) is 2. The van der Waals surface area contributed by atoms with E-state index in [0.717, 1.165) is 6.92 Å². The van der Waals surface area contributed by atoms with E-state index < -0.39 is 23.7 Å². The van der Waals surface area contributed by atoms with Crippen LogP contribution >= 0.6 is 0 Å². The van der Waals surface area contributed by atoms with Gasteiger partial charge in [0.05, 0.1) is 6.04 Å². The van der Waals surface area contributed by atoms with Gasteiger partial charge in [0.15, 0.2) is 0 Å². The molecule has 2 unspecified atom stereocenters. The van der Waals surface area contributed by atoms with Crippen LogP contribution in [-0.4, -0.2) is 23.7 Å². The highest BCUT2D eigenvalue weighted by Crippen LogP contribution is 2.38. The van der Waals surface area contributed by atoms with Gasteiger partial charge in [-0.3, -0.25) is 10.1 Å². The molecule has 1 amide bonds. The van der Waals surface area contributed by atoms with Gasteiger partial charge in [-0.2, -0.15) is 13.2 Å². The predicted octanol–water partition coefficient (Wildman–Crippen LogP) is 0.545. The Morgan fingerprint density at radius 2 is 2.15 bits per heavy atom. The molecule has 0 spiro atoms. The third-order valence-corrected chi connectivity index (χ3v) is 2.39. The monoisotopic (exact) mass is 196 g/mol. The highest BCUT2D eigenvalue weighted by molar-refractivity contribution is 5.80. The summed E-state index contributed by atoms with van der Waals surface area (Å²) in [5.41, 5.74) is 2.93. The van der Waals surface area contributed by atoms with Gasteiger partial charge in [0.1, 0.15) is 5.54 Å². The Balaban J connectivity index is 2.72. The first-order chi connectivity index (χ1) is 5.76. The van der Waals surface area contributed by atoms with E-state index in [0.29, 0.717) is 0 Å². The molecule has 1 fully saturated rings. The number of halogens is 3. The quantitative estimate of drug-likeness (QED) is 0.643. The van der Waals surface area contributed by atoms with Gasteiger partial charge in [0.25, 0.3) is 0 Å². The van der Waals surface area contributed by atoms with Gasteiger partial charge in [0, 0.05) is 0 Å². The second-order valence-electron chi connectivity index (χ2n) is 3.47. The standard InChI is InChI=1S/C7H11F3N2O/c1-6(7(8,9)10)3-2-4(12-6)5(11)13/h4,12H,2-3H2,1H3,(H2,11,13). The summed E-state index contributed by atoms with van der Waals surface area (Å²) in [6.07, 6.45) is -4.30. The number of carbonyl (C=O) groups excluding carboxylic acids is 1. The molecule has 13 heavy (non-hydrogen) atoms. The molecule has 1 rings (SSSR count). The van der Waals surface area contributed by atoms with Crippen molar-refractivity contribution in [1.82, 2.24) is 5.32 Å². The Bertz CT molecular complexity index is 228. The zero-order valence-corrected chi connectivity index (χ0v) is 7.11. The lowest BCUT2D eigenvalue weighted by molar-refractivity contribution is -0.187. The Kier molecular flexibility index (Phi) is 2.27. The fourth-order valence-corrected chi connectivity index (χ4v) is 1.40. The van der Waals surface area contributed by atoms with Crippen molar-refractivity contribution in [2.24, 2.45) is 5.73 Å². The second kappa shape index (κ2) is 2.87. The number of alkyl halides is 3. The molecule has 2 atom stereocenters. The molecule has 0 aromatic heterocycles. The minimum Gasteiger partial charge on any atom is -0.368 e. The summed E-state index contributed by atoms with van der Waals surface area (Å²) in [6, 6.07) is -0.855. The topological polar surface area (TPSA) is 55.1 Å². The normalized spacial score (nSPS) is 34.9. The summed E-state index contributed by atoms with van der Waals surface area (Å²) in [5.74, 6) is -0.729. The highest BCUT2D eigenvalue weighted by Gasteiger charge is 2.55. The Morgan fingerprint density at radius 3 is 2.38 bits per heavy atom. The molecule has 0 bridgehead atoms. The molecular weight excluding hydrogens is 185 g/mol. The summed E-state index contributed by atoms with van der Waals surface area (Å²) in [6.45, 7) is 1.04. The van der Waals surface area contributed by atoms with E-state index >= 15 is 0 Å². The average molecular weight is 196 g/mol. The van der Waals surface area contributed by atoms with Gasteiger partial charge in [0.2, 0.25) is 5.91 Å². The molecule has 0 saturated carbocycles. The SMILES string of the molecule is CC1(C(F)(F)F)CCC(C(N)=O)N1. The smallest absolute Gasteiger partial charge is 0.368 e. The van der Waals surface area contributed by atoms with Gasteiger partial charge in [-0.05, 0) is 19.8 Å². The highest BCUT2D eigenvalue weighted by atomic mass is 19.4. The van der Waals surface area contributed by atoms with E-state index in [1.54, 1.807) is 0 Å². The average Bonchev–Trinajstić information content (AvgIpc) is 2.31. The number of nitrogens with two attached hydrogens (primary N) is 1. The van der Waals surface area contributed by atoms with Crippen molar-refractivity contribution in [3.63, 3.8) is 0 Å². The van der Waals surface area contributed by atoms with Gasteiger partial charge in [-0.15, -0.1) is 0 Å².